The number of benzene rings is 1. The van der Waals surface area contributed by atoms with Crippen molar-refractivity contribution >= 4 is 0 Å². The molecule has 0 saturated carbocycles. The number of nitriles is 1. The molecule has 2 bridgehead atoms. The maximum absolute atomic E-state index is 11.3. The molecule has 2 heterocycles. The molecule has 21 heavy (non-hydrogen) atoms. The number of hydrogen-bond donors (Lipinski definition) is 1. The molecule has 112 valence electrons. The summed E-state index contributed by atoms with van der Waals surface area (Å²) >= 11 is 0. The summed E-state index contributed by atoms with van der Waals surface area (Å²) in [6.45, 7) is 0. The highest BCUT2D eigenvalue weighted by Gasteiger charge is 2.46. The zero-order valence-electron chi connectivity index (χ0n) is 12.7. The van der Waals surface area contributed by atoms with Crippen molar-refractivity contribution in [1.29, 1.82) is 5.26 Å². The van der Waals surface area contributed by atoms with Crippen molar-refractivity contribution in [2.24, 2.45) is 0 Å². The lowest BCUT2D eigenvalue weighted by Crippen LogP contribution is -2.55. The number of ether oxygens (including phenoxy) is 1. The van der Waals surface area contributed by atoms with Crippen LogP contribution in [0.25, 0.3) is 0 Å². The molecule has 2 aliphatic heterocycles. The Bertz CT molecular complexity index is 565. The van der Waals surface area contributed by atoms with Crippen molar-refractivity contribution in [3.05, 3.63) is 29.3 Å². The van der Waals surface area contributed by atoms with E-state index in [1.165, 1.54) is 6.42 Å². The number of nitrogens with zero attached hydrogens (tertiary/aromatic N) is 2. The molecule has 2 unspecified atom stereocenters. The molecule has 0 aromatic heterocycles. The minimum atomic E-state index is -0.888. The van der Waals surface area contributed by atoms with E-state index in [9.17, 15) is 5.11 Å². The summed E-state index contributed by atoms with van der Waals surface area (Å²) in [5.74, 6) is 0.680. The quantitative estimate of drug-likeness (QED) is 0.907. The molecule has 0 radical (unpaired) electrons. The number of aliphatic hydroxyl groups is 1. The van der Waals surface area contributed by atoms with Gasteiger partial charge in [0.25, 0.3) is 0 Å². The van der Waals surface area contributed by atoms with Crippen molar-refractivity contribution in [3.63, 3.8) is 0 Å². The van der Waals surface area contributed by atoms with E-state index in [1.807, 2.05) is 0 Å². The third-order valence-electron chi connectivity index (χ3n) is 5.20. The molecule has 1 aromatic carbocycles. The van der Waals surface area contributed by atoms with Gasteiger partial charge in [0.05, 0.1) is 24.3 Å². The lowest BCUT2D eigenvalue weighted by molar-refractivity contribution is -0.0883. The molecular weight excluding hydrogens is 264 g/mol. The Hall–Kier alpha value is -1.57. The van der Waals surface area contributed by atoms with Crippen LogP contribution in [0, 0.1) is 11.3 Å². The second-order valence-electron chi connectivity index (χ2n) is 6.37. The van der Waals surface area contributed by atoms with Crippen LogP contribution in [0.1, 0.15) is 43.2 Å². The van der Waals surface area contributed by atoms with Gasteiger partial charge >= 0.3 is 0 Å². The molecule has 2 aliphatic rings. The van der Waals surface area contributed by atoms with Crippen LogP contribution < -0.4 is 4.74 Å². The molecule has 4 heteroatoms. The van der Waals surface area contributed by atoms with E-state index >= 15 is 0 Å². The molecular formula is C17H22N2O2. The summed E-state index contributed by atoms with van der Waals surface area (Å²) in [6.07, 6.45) is 4.94. The molecule has 2 atom stereocenters. The molecule has 2 saturated heterocycles. The highest BCUT2D eigenvalue weighted by molar-refractivity contribution is 5.45. The standard InChI is InChI=1S/C17H22N2O2/c1-19-13-4-3-5-14(19)10-17(20,9-13)15-8-12(11-18)6-7-16(15)21-2/h6-8,13-14,20H,3-5,9-10H2,1-2H3. The van der Waals surface area contributed by atoms with Crippen molar-refractivity contribution < 1.29 is 9.84 Å². The molecule has 3 rings (SSSR count). The predicted molar refractivity (Wildman–Crippen MR) is 80.0 cm³/mol. The number of piperidine rings is 2. The fourth-order valence-electron chi connectivity index (χ4n) is 4.01. The van der Waals surface area contributed by atoms with Crippen LogP contribution in [0.2, 0.25) is 0 Å². The van der Waals surface area contributed by atoms with Crippen molar-refractivity contribution in [2.45, 2.75) is 49.8 Å². The number of fused-ring (bicyclic) bond motifs is 2. The van der Waals surface area contributed by atoms with Crippen LogP contribution in [0.5, 0.6) is 5.75 Å². The summed E-state index contributed by atoms with van der Waals surface area (Å²) in [5.41, 5.74) is 0.456. The summed E-state index contributed by atoms with van der Waals surface area (Å²) < 4.78 is 5.43. The van der Waals surface area contributed by atoms with Gasteiger partial charge in [-0.2, -0.15) is 5.26 Å². The lowest BCUT2D eigenvalue weighted by atomic mass is 9.72. The van der Waals surface area contributed by atoms with E-state index < -0.39 is 5.60 Å². The van der Waals surface area contributed by atoms with Gasteiger partial charge < -0.3 is 14.7 Å². The lowest BCUT2D eigenvalue weighted by Gasteiger charge is -2.51. The Kier molecular flexibility index (Phi) is 3.64. The molecule has 1 aromatic rings. The van der Waals surface area contributed by atoms with Crippen LogP contribution >= 0.6 is 0 Å². The molecule has 0 amide bonds. The zero-order chi connectivity index (χ0) is 15.0. The second kappa shape index (κ2) is 5.32. The summed E-state index contributed by atoms with van der Waals surface area (Å²) in [5, 5.41) is 20.4. The van der Waals surface area contributed by atoms with E-state index in [2.05, 4.69) is 18.0 Å². The Morgan fingerprint density at radius 1 is 1.33 bits per heavy atom. The smallest absolute Gasteiger partial charge is 0.125 e. The van der Waals surface area contributed by atoms with Gasteiger partial charge in [0.1, 0.15) is 5.75 Å². The van der Waals surface area contributed by atoms with Gasteiger partial charge in [-0.05, 0) is 50.9 Å². The van der Waals surface area contributed by atoms with Gasteiger partial charge in [-0.25, -0.2) is 0 Å². The van der Waals surface area contributed by atoms with Crippen LogP contribution in [0.4, 0.5) is 0 Å². The van der Waals surface area contributed by atoms with Crippen LogP contribution in [-0.4, -0.2) is 36.2 Å². The van der Waals surface area contributed by atoms with E-state index in [1.54, 1.807) is 25.3 Å². The maximum atomic E-state index is 11.3. The summed E-state index contributed by atoms with van der Waals surface area (Å²) in [4.78, 5) is 2.42. The highest BCUT2D eigenvalue weighted by Crippen LogP contribution is 2.46. The van der Waals surface area contributed by atoms with E-state index in [-0.39, 0.29) is 0 Å². The van der Waals surface area contributed by atoms with Crippen molar-refractivity contribution in [3.8, 4) is 11.8 Å². The minimum absolute atomic E-state index is 0.415. The fourth-order valence-corrected chi connectivity index (χ4v) is 4.01. The van der Waals surface area contributed by atoms with Gasteiger partial charge in [0, 0.05) is 17.6 Å². The first-order chi connectivity index (χ1) is 10.1. The first-order valence-electron chi connectivity index (χ1n) is 7.60. The van der Waals surface area contributed by atoms with Gasteiger partial charge in [-0.15, -0.1) is 0 Å². The Labute approximate surface area is 125 Å². The topological polar surface area (TPSA) is 56.5 Å². The first kappa shape index (κ1) is 14.4. The SMILES string of the molecule is COc1ccc(C#N)cc1C1(O)CC2CCCC(C1)N2C. The molecule has 2 fully saturated rings. The van der Waals surface area contributed by atoms with Gasteiger partial charge in [0.2, 0.25) is 0 Å². The Balaban J connectivity index is 2.01. The Morgan fingerprint density at radius 2 is 2.00 bits per heavy atom. The predicted octanol–water partition coefficient (Wildman–Crippen LogP) is 2.40. The minimum Gasteiger partial charge on any atom is -0.496 e. The molecule has 4 nitrogen and oxygen atoms in total. The third-order valence-corrected chi connectivity index (χ3v) is 5.20. The Morgan fingerprint density at radius 3 is 2.57 bits per heavy atom. The van der Waals surface area contributed by atoms with Crippen molar-refractivity contribution in [1.82, 2.24) is 4.90 Å². The summed E-state index contributed by atoms with van der Waals surface area (Å²) in [6, 6.07) is 8.31. The van der Waals surface area contributed by atoms with Gasteiger partial charge in [-0.1, -0.05) is 6.42 Å². The van der Waals surface area contributed by atoms with Crippen LogP contribution in [0.3, 0.4) is 0 Å². The average molecular weight is 286 g/mol. The number of rotatable bonds is 2. The van der Waals surface area contributed by atoms with E-state index in [0.29, 0.717) is 36.2 Å². The zero-order valence-corrected chi connectivity index (χ0v) is 12.7. The first-order valence-corrected chi connectivity index (χ1v) is 7.60. The number of hydrogen-bond acceptors (Lipinski definition) is 4. The molecule has 1 N–H and O–H groups in total. The second-order valence-corrected chi connectivity index (χ2v) is 6.37. The van der Waals surface area contributed by atoms with E-state index in [0.717, 1.165) is 18.4 Å². The van der Waals surface area contributed by atoms with Gasteiger partial charge in [-0.3, -0.25) is 0 Å². The maximum Gasteiger partial charge on any atom is 0.125 e. The third kappa shape index (κ3) is 2.41. The largest absolute Gasteiger partial charge is 0.496 e. The monoisotopic (exact) mass is 286 g/mol. The molecule has 0 spiro atoms. The van der Waals surface area contributed by atoms with Gasteiger partial charge in [0.15, 0.2) is 0 Å². The summed E-state index contributed by atoms with van der Waals surface area (Å²) in [7, 11) is 3.78. The van der Waals surface area contributed by atoms with Crippen LogP contribution in [-0.2, 0) is 5.60 Å². The van der Waals surface area contributed by atoms with Crippen LogP contribution in [0.15, 0.2) is 18.2 Å². The fraction of sp³-hybridized carbons (Fsp3) is 0.588. The molecule has 0 aliphatic carbocycles. The highest BCUT2D eigenvalue weighted by atomic mass is 16.5. The number of methoxy groups -OCH3 is 1. The van der Waals surface area contributed by atoms with Crippen molar-refractivity contribution in [2.75, 3.05) is 14.2 Å². The average Bonchev–Trinajstić information content (AvgIpc) is 2.48. The van der Waals surface area contributed by atoms with E-state index in [4.69, 9.17) is 10.00 Å². The normalized spacial score (nSPS) is 32.5.